The number of carbonyl (C=O) groups is 2. The zero-order valence-corrected chi connectivity index (χ0v) is 21.3. The van der Waals surface area contributed by atoms with Crippen LogP contribution < -0.4 is 24.4 Å². The number of ether oxygens (including phenoxy) is 3. The number of hydrogen-bond donors (Lipinski definition) is 2. The maximum absolute atomic E-state index is 14.2. The Morgan fingerprint density at radius 1 is 0.947 bits per heavy atom. The van der Waals surface area contributed by atoms with Gasteiger partial charge in [-0.3, -0.25) is 14.5 Å². The number of hydrogen-bond acceptors (Lipinski definition) is 6. The quantitative estimate of drug-likeness (QED) is 0.470. The lowest BCUT2D eigenvalue weighted by molar-refractivity contribution is -0.132. The zero-order valence-electron chi connectivity index (χ0n) is 21.3. The second-order valence-electron chi connectivity index (χ2n) is 9.61. The van der Waals surface area contributed by atoms with Crippen LogP contribution in [-0.2, 0) is 9.59 Å². The van der Waals surface area contributed by atoms with Crippen molar-refractivity contribution in [2.75, 3.05) is 18.6 Å². The molecular formula is C30H32N2O6. The zero-order chi connectivity index (χ0) is 26.5. The van der Waals surface area contributed by atoms with Crippen LogP contribution in [0.25, 0.3) is 0 Å². The summed E-state index contributed by atoms with van der Waals surface area (Å²) in [5.41, 5.74) is 1.08. The second-order valence-corrected chi connectivity index (χ2v) is 9.61. The molecule has 0 spiro atoms. The van der Waals surface area contributed by atoms with Crippen LogP contribution in [0.1, 0.15) is 43.7 Å². The van der Waals surface area contributed by atoms with Crippen molar-refractivity contribution in [2.45, 2.75) is 50.3 Å². The molecule has 2 atom stereocenters. The van der Waals surface area contributed by atoms with Crippen LogP contribution in [0, 0.1) is 0 Å². The number of amides is 2. The van der Waals surface area contributed by atoms with Gasteiger partial charge in [0.05, 0.1) is 7.11 Å². The summed E-state index contributed by atoms with van der Waals surface area (Å²) in [5, 5.41) is 13.1. The standard InChI is InChI=1S/C30H32N2O6/c1-36-24-17-13-22(14-18-24)32(30(35)27-19-37-25-9-5-6-10-26(25)38-27)28(20-11-15-23(33)16-12-20)29(34)31-21-7-3-2-4-8-21/h5-6,9-18,21,27-28,33H,2-4,7-8,19H2,1H3,(H,31,34)/t27-,28+/m1/s1. The Hall–Kier alpha value is -4.20. The van der Waals surface area contributed by atoms with Gasteiger partial charge in [0, 0.05) is 11.7 Å². The minimum absolute atomic E-state index is 0.00897. The fraction of sp³-hybridized carbons (Fsp3) is 0.333. The Morgan fingerprint density at radius 3 is 2.32 bits per heavy atom. The van der Waals surface area contributed by atoms with E-state index in [1.54, 1.807) is 55.6 Å². The van der Waals surface area contributed by atoms with Crippen molar-refractivity contribution >= 4 is 17.5 Å². The highest BCUT2D eigenvalue weighted by molar-refractivity contribution is 6.03. The van der Waals surface area contributed by atoms with Crippen LogP contribution >= 0.6 is 0 Å². The van der Waals surface area contributed by atoms with E-state index in [1.807, 2.05) is 12.1 Å². The molecule has 0 saturated heterocycles. The number of carbonyl (C=O) groups excluding carboxylic acids is 2. The fourth-order valence-electron chi connectivity index (χ4n) is 5.04. The molecule has 1 aliphatic heterocycles. The first-order valence-electron chi connectivity index (χ1n) is 13.0. The number of fused-ring (bicyclic) bond motifs is 1. The lowest BCUT2D eigenvalue weighted by atomic mass is 9.94. The van der Waals surface area contributed by atoms with Gasteiger partial charge in [-0.2, -0.15) is 0 Å². The van der Waals surface area contributed by atoms with Crippen LogP contribution in [0.15, 0.2) is 72.8 Å². The van der Waals surface area contributed by atoms with Gasteiger partial charge in [-0.15, -0.1) is 0 Å². The van der Waals surface area contributed by atoms with E-state index < -0.39 is 18.1 Å². The molecule has 2 N–H and O–H groups in total. The number of nitrogens with one attached hydrogen (secondary N) is 1. The van der Waals surface area contributed by atoms with Crippen LogP contribution in [0.2, 0.25) is 0 Å². The Morgan fingerprint density at radius 2 is 1.63 bits per heavy atom. The van der Waals surface area contributed by atoms with Crippen molar-refractivity contribution in [3.63, 3.8) is 0 Å². The van der Waals surface area contributed by atoms with Crippen molar-refractivity contribution in [3.05, 3.63) is 78.4 Å². The second kappa shape index (κ2) is 11.5. The van der Waals surface area contributed by atoms with Crippen molar-refractivity contribution in [1.29, 1.82) is 0 Å². The molecule has 0 aromatic heterocycles. The molecule has 8 heteroatoms. The molecule has 0 bridgehead atoms. The Labute approximate surface area is 222 Å². The number of aromatic hydroxyl groups is 1. The minimum atomic E-state index is -1.00. The third-order valence-electron chi connectivity index (χ3n) is 7.04. The van der Waals surface area contributed by atoms with Crippen LogP contribution in [0.4, 0.5) is 5.69 Å². The van der Waals surface area contributed by atoms with Gasteiger partial charge in [0.2, 0.25) is 12.0 Å². The van der Waals surface area contributed by atoms with Gasteiger partial charge in [0.1, 0.15) is 24.1 Å². The average Bonchev–Trinajstić information content (AvgIpc) is 2.96. The van der Waals surface area contributed by atoms with E-state index in [0.717, 1.165) is 32.1 Å². The van der Waals surface area contributed by atoms with Gasteiger partial charge < -0.3 is 24.6 Å². The van der Waals surface area contributed by atoms with Crippen molar-refractivity contribution in [1.82, 2.24) is 5.32 Å². The summed E-state index contributed by atoms with van der Waals surface area (Å²) in [6.45, 7) is 0.00897. The number of phenolic OH excluding ortho intramolecular Hbond substituents is 1. The molecular weight excluding hydrogens is 484 g/mol. The average molecular weight is 517 g/mol. The number of benzene rings is 3. The molecule has 0 radical (unpaired) electrons. The van der Waals surface area contributed by atoms with Crippen molar-refractivity contribution in [3.8, 4) is 23.0 Å². The number of methoxy groups -OCH3 is 1. The number of anilines is 1. The molecule has 198 valence electrons. The van der Waals surface area contributed by atoms with Crippen LogP contribution in [0.5, 0.6) is 23.0 Å². The SMILES string of the molecule is COc1ccc(N(C(=O)[C@H]2COc3ccccc3O2)[C@H](C(=O)NC2CCCCC2)c2ccc(O)cc2)cc1. The van der Waals surface area contributed by atoms with Crippen LogP contribution in [0.3, 0.4) is 0 Å². The van der Waals surface area contributed by atoms with E-state index in [2.05, 4.69) is 5.32 Å². The monoisotopic (exact) mass is 516 g/mol. The fourth-order valence-corrected chi connectivity index (χ4v) is 5.04. The van der Waals surface area contributed by atoms with E-state index in [0.29, 0.717) is 28.5 Å². The van der Waals surface area contributed by atoms with Crippen molar-refractivity contribution < 1.29 is 28.9 Å². The van der Waals surface area contributed by atoms with Gasteiger partial charge in [-0.1, -0.05) is 43.5 Å². The summed E-state index contributed by atoms with van der Waals surface area (Å²) in [7, 11) is 1.57. The maximum atomic E-state index is 14.2. The maximum Gasteiger partial charge on any atom is 0.272 e. The Bertz CT molecular complexity index is 1250. The molecule has 38 heavy (non-hydrogen) atoms. The molecule has 1 fully saturated rings. The number of phenols is 1. The first-order valence-corrected chi connectivity index (χ1v) is 13.0. The summed E-state index contributed by atoms with van der Waals surface area (Å²) in [4.78, 5) is 29.6. The molecule has 3 aromatic rings. The first-order chi connectivity index (χ1) is 18.5. The van der Waals surface area contributed by atoms with Gasteiger partial charge in [0.25, 0.3) is 5.91 Å². The third kappa shape index (κ3) is 5.54. The number of para-hydroxylation sites is 2. The van der Waals surface area contributed by atoms with E-state index >= 15 is 0 Å². The molecule has 3 aromatic carbocycles. The van der Waals surface area contributed by atoms with Gasteiger partial charge in [-0.25, -0.2) is 0 Å². The predicted molar refractivity (Wildman–Crippen MR) is 143 cm³/mol. The largest absolute Gasteiger partial charge is 0.508 e. The summed E-state index contributed by atoms with van der Waals surface area (Å²) < 4.78 is 17.2. The Kier molecular flexibility index (Phi) is 7.67. The topological polar surface area (TPSA) is 97.3 Å². The lowest BCUT2D eigenvalue weighted by Crippen LogP contribution is -2.52. The highest BCUT2D eigenvalue weighted by Gasteiger charge is 2.39. The van der Waals surface area contributed by atoms with Gasteiger partial charge in [-0.05, 0) is 66.9 Å². The predicted octanol–water partition coefficient (Wildman–Crippen LogP) is 4.76. The summed E-state index contributed by atoms with van der Waals surface area (Å²) >= 11 is 0. The van der Waals surface area contributed by atoms with Crippen LogP contribution in [-0.4, -0.2) is 42.8 Å². The van der Waals surface area contributed by atoms with Gasteiger partial charge in [0.15, 0.2) is 11.5 Å². The van der Waals surface area contributed by atoms with Gasteiger partial charge >= 0.3 is 0 Å². The third-order valence-corrected chi connectivity index (χ3v) is 7.04. The lowest BCUT2D eigenvalue weighted by Gasteiger charge is -2.36. The van der Waals surface area contributed by atoms with Crippen molar-refractivity contribution in [2.24, 2.45) is 0 Å². The highest BCUT2D eigenvalue weighted by Crippen LogP contribution is 2.35. The molecule has 1 saturated carbocycles. The van der Waals surface area contributed by atoms with E-state index in [9.17, 15) is 14.7 Å². The molecule has 0 unspecified atom stereocenters. The normalized spacial score (nSPS) is 17.8. The van der Waals surface area contributed by atoms with E-state index in [-0.39, 0.29) is 24.3 Å². The highest BCUT2D eigenvalue weighted by atomic mass is 16.6. The summed E-state index contributed by atoms with van der Waals surface area (Å²) in [5.74, 6) is 1.03. The smallest absolute Gasteiger partial charge is 0.272 e. The summed E-state index contributed by atoms with van der Waals surface area (Å²) in [6, 6.07) is 19.6. The molecule has 2 aliphatic rings. The Balaban J connectivity index is 1.54. The number of nitrogens with zero attached hydrogens (tertiary/aromatic N) is 1. The first kappa shape index (κ1) is 25.4. The molecule has 1 heterocycles. The molecule has 8 nitrogen and oxygen atoms in total. The number of rotatable bonds is 7. The van der Waals surface area contributed by atoms with E-state index in [1.165, 1.54) is 17.0 Å². The van der Waals surface area contributed by atoms with E-state index in [4.69, 9.17) is 14.2 Å². The molecule has 1 aliphatic carbocycles. The molecule has 2 amide bonds. The molecule has 5 rings (SSSR count). The summed E-state index contributed by atoms with van der Waals surface area (Å²) in [6.07, 6.45) is 4.12. The minimum Gasteiger partial charge on any atom is -0.508 e.